The molecule has 0 radical (unpaired) electrons. The minimum atomic E-state index is -0.558. The zero-order valence-corrected chi connectivity index (χ0v) is 20.4. The summed E-state index contributed by atoms with van der Waals surface area (Å²) in [6.45, 7) is 3.86. The fourth-order valence-corrected chi connectivity index (χ4v) is 5.63. The largest absolute Gasteiger partial charge is 0.335 e. The van der Waals surface area contributed by atoms with Gasteiger partial charge in [-0.1, -0.05) is 24.3 Å². The number of piperazine rings is 1. The number of amides is 3. The topological polar surface area (TPSA) is 93.8 Å². The smallest absolute Gasteiger partial charge is 0.257 e. The van der Waals surface area contributed by atoms with Crippen molar-refractivity contribution in [2.45, 2.75) is 44.3 Å². The molecule has 2 aromatic carbocycles. The van der Waals surface area contributed by atoms with E-state index in [1.807, 2.05) is 25.1 Å². The van der Waals surface area contributed by atoms with Gasteiger partial charge in [0.15, 0.2) is 0 Å². The second kappa shape index (κ2) is 10.4. The number of hydrogen-bond acceptors (Lipinski definition) is 5. The number of rotatable bonds is 4. The maximum atomic E-state index is 14.8. The van der Waals surface area contributed by atoms with Gasteiger partial charge in [0.05, 0.1) is 11.5 Å². The molecule has 3 unspecified atom stereocenters. The number of hydrogen-bond donors (Lipinski definition) is 3. The Morgan fingerprint density at radius 1 is 1.08 bits per heavy atom. The summed E-state index contributed by atoms with van der Waals surface area (Å²) in [5.74, 6) is -1.09. The molecule has 5 rings (SSSR count). The third-order valence-corrected chi connectivity index (χ3v) is 7.57. The maximum absolute atomic E-state index is 14.8. The SMILES string of the molecule is C[C@@H]1CN(C(=O)c2ccccc2)CCN1C(=O)c1cc(CC2NNC(=O)C3CCCNC23)ccc1F. The summed E-state index contributed by atoms with van der Waals surface area (Å²) in [6.07, 6.45) is 2.34. The number of hydrazine groups is 1. The molecule has 3 aliphatic heterocycles. The molecule has 3 fully saturated rings. The van der Waals surface area contributed by atoms with Gasteiger partial charge in [0.2, 0.25) is 5.91 Å². The molecule has 0 bridgehead atoms. The molecule has 0 aliphatic carbocycles. The monoisotopic (exact) mass is 493 g/mol. The van der Waals surface area contributed by atoms with Crippen LogP contribution in [0.15, 0.2) is 48.5 Å². The number of halogens is 1. The van der Waals surface area contributed by atoms with Gasteiger partial charge in [0.25, 0.3) is 11.8 Å². The molecule has 0 spiro atoms. The third-order valence-electron chi connectivity index (χ3n) is 7.57. The van der Waals surface area contributed by atoms with Crippen LogP contribution in [0.3, 0.4) is 0 Å². The standard InChI is InChI=1S/C27H32FN5O3/c1-17-16-32(26(35)19-6-3-2-4-7-19)12-13-33(17)27(36)21-14-18(9-10-22(21)28)15-23-24-20(8-5-11-29-24)25(34)31-30-23/h2-4,6-7,9-10,14,17,20,23-24,29-30H,5,8,11-13,15-16H2,1H3,(H,31,34)/t17-,20?,23?,24?/m1/s1. The van der Waals surface area contributed by atoms with E-state index in [4.69, 9.17) is 0 Å². The van der Waals surface area contributed by atoms with Crippen LogP contribution in [-0.4, -0.2) is 71.8 Å². The van der Waals surface area contributed by atoms with Crippen LogP contribution >= 0.6 is 0 Å². The van der Waals surface area contributed by atoms with Crippen LogP contribution in [0.2, 0.25) is 0 Å². The Labute approximate surface area is 210 Å². The first kappa shape index (κ1) is 24.4. The van der Waals surface area contributed by atoms with Crippen molar-refractivity contribution in [2.24, 2.45) is 5.92 Å². The highest BCUT2D eigenvalue weighted by Gasteiger charge is 2.40. The Morgan fingerprint density at radius 3 is 2.67 bits per heavy atom. The number of benzene rings is 2. The van der Waals surface area contributed by atoms with E-state index in [0.717, 1.165) is 24.9 Å². The zero-order chi connectivity index (χ0) is 25.2. The lowest BCUT2D eigenvalue weighted by atomic mass is 9.82. The van der Waals surface area contributed by atoms with Crippen molar-refractivity contribution < 1.29 is 18.8 Å². The summed E-state index contributed by atoms with van der Waals surface area (Å²) in [5, 5.41) is 3.45. The summed E-state index contributed by atoms with van der Waals surface area (Å²) in [5.41, 5.74) is 7.34. The number of fused-ring (bicyclic) bond motifs is 1. The van der Waals surface area contributed by atoms with Crippen molar-refractivity contribution in [3.63, 3.8) is 0 Å². The summed E-state index contributed by atoms with van der Waals surface area (Å²) >= 11 is 0. The summed E-state index contributed by atoms with van der Waals surface area (Å²) in [7, 11) is 0. The predicted molar refractivity (Wildman–Crippen MR) is 133 cm³/mol. The van der Waals surface area contributed by atoms with Gasteiger partial charge in [-0.2, -0.15) is 0 Å². The van der Waals surface area contributed by atoms with E-state index in [2.05, 4.69) is 16.2 Å². The van der Waals surface area contributed by atoms with E-state index < -0.39 is 5.82 Å². The number of piperidine rings is 1. The molecule has 3 heterocycles. The molecule has 3 aliphatic rings. The minimum absolute atomic E-state index is 0.00250. The van der Waals surface area contributed by atoms with Gasteiger partial charge < -0.3 is 15.1 Å². The van der Waals surface area contributed by atoms with Crippen LogP contribution in [0.1, 0.15) is 46.0 Å². The van der Waals surface area contributed by atoms with Crippen molar-refractivity contribution in [3.8, 4) is 0 Å². The number of carbonyl (C=O) groups excluding carboxylic acids is 3. The lowest BCUT2D eigenvalue weighted by Gasteiger charge is -2.42. The molecule has 36 heavy (non-hydrogen) atoms. The number of nitrogens with zero attached hydrogens (tertiary/aromatic N) is 2. The highest BCUT2D eigenvalue weighted by atomic mass is 19.1. The molecule has 3 amide bonds. The van der Waals surface area contributed by atoms with Crippen molar-refractivity contribution in [1.29, 1.82) is 0 Å². The number of nitrogens with one attached hydrogen (secondary N) is 3. The molecule has 8 nitrogen and oxygen atoms in total. The molecule has 190 valence electrons. The van der Waals surface area contributed by atoms with Gasteiger partial charge in [-0.25, -0.2) is 9.82 Å². The first-order valence-electron chi connectivity index (χ1n) is 12.6. The fraction of sp³-hybridized carbons (Fsp3) is 0.444. The average molecular weight is 494 g/mol. The normalized spacial score (nSPS) is 26.2. The van der Waals surface area contributed by atoms with Crippen molar-refractivity contribution >= 4 is 17.7 Å². The second-order valence-electron chi connectivity index (χ2n) is 9.95. The molecule has 4 atom stereocenters. The summed E-state index contributed by atoms with van der Waals surface area (Å²) in [6, 6.07) is 13.4. The molecule has 0 saturated carbocycles. The van der Waals surface area contributed by atoms with E-state index in [-0.39, 0.29) is 47.3 Å². The Bertz CT molecular complexity index is 1140. The van der Waals surface area contributed by atoms with Crippen LogP contribution in [0.4, 0.5) is 4.39 Å². The lowest BCUT2D eigenvalue weighted by Crippen LogP contribution is -2.67. The molecule has 3 saturated heterocycles. The molecular weight excluding hydrogens is 461 g/mol. The van der Waals surface area contributed by atoms with Crippen molar-refractivity contribution in [1.82, 2.24) is 26.0 Å². The predicted octanol–water partition coefficient (Wildman–Crippen LogP) is 1.73. The fourth-order valence-electron chi connectivity index (χ4n) is 5.63. The van der Waals surface area contributed by atoms with Gasteiger partial charge in [-0.3, -0.25) is 19.8 Å². The van der Waals surface area contributed by atoms with Gasteiger partial charge in [0, 0.05) is 43.3 Å². The van der Waals surface area contributed by atoms with Gasteiger partial charge in [-0.15, -0.1) is 0 Å². The van der Waals surface area contributed by atoms with Crippen LogP contribution in [0.5, 0.6) is 0 Å². The summed E-state index contributed by atoms with van der Waals surface area (Å²) < 4.78 is 14.8. The average Bonchev–Trinajstić information content (AvgIpc) is 2.91. The molecule has 2 aromatic rings. The highest BCUT2D eigenvalue weighted by molar-refractivity contribution is 5.96. The van der Waals surface area contributed by atoms with E-state index >= 15 is 0 Å². The third kappa shape index (κ3) is 4.85. The number of carbonyl (C=O) groups is 3. The molecule has 3 N–H and O–H groups in total. The van der Waals surface area contributed by atoms with Gasteiger partial charge in [-0.05, 0) is 62.6 Å². The molecule has 9 heteroatoms. The van der Waals surface area contributed by atoms with Gasteiger partial charge in [0.1, 0.15) is 5.82 Å². The Kier molecular flexibility index (Phi) is 7.02. The van der Waals surface area contributed by atoms with Crippen LogP contribution < -0.4 is 16.2 Å². The maximum Gasteiger partial charge on any atom is 0.257 e. The van der Waals surface area contributed by atoms with E-state index in [9.17, 15) is 18.8 Å². The van der Waals surface area contributed by atoms with Crippen LogP contribution in [0.25, 0.3) is 0 Å². The van der Waals surface area contributed by atoms with E-state index in [1.165, 1.54) is 6.07 Å². The lowest BCUT2D eigenvalue weighted by molar-refractivity contribution is -0.131. The second-order valence-corrected chi connectivity index (χ2v) is 9.95. The zero-order valence-electron chi connectivity index (χ0n) is 20.4. The van der Waals surface area contributed by atoms with E-state index in [0.29, 0.717) is 31.6 Å². The molecule has 0 aromatic heterocycles. The highest BCUT2D eigenvalue weighted by Crippen LogP contribution is 2.25. The first-order chi connectivity index (χ1) is 17.4. The minimum Gasteiger partial charge on any atom is -0.335 e. The van der Waals surface area contributed by atoms with Crippen LogP contribution in [0, 0.1) is 11.7 Å². The quantitative estimate of drug-likeness (QED) is 0.603. The van der Waals surface area contributed by atoms with E-state index in [1.54, 1.807) is 34.1 Å². The Hall–Kier alpha value is -3.30. The Balaban J connectivity index is 1.27. The first-order valence-corrected chi connectivity index (χ1v) is 12.6. The Morgan fingerprint density at radius 2 is 1.89 bits per heavy atom. The van der Waals surface area contributed by atoms with Crippen molar-refractivity contribution in [3.05, 3.63) is 71.0 Å². The molecular formula is C27H32FN5O3. The van der Waals surface area contributed by atoms with Gasteiger partial charge >= 0.3 is 0 Å². The van der Waals surface area contributed by atoms with Crippen molar-refractivity contribution in [2.75, 3.05) is 26.2 Å². The van der Waals surface area contributed by atoms with Crippen LogP contribution in [-0.2, 0) is 11.2 Å². The summed E-state index contributed by atoms with van der Waals surface area (Å²) in [4.78, 5) is 41.8.